The molecule has 2 aromatic rings. The largest absolute Gasteiger partial charge is 0.496 e. The molecule has 1 aliphatic heterocycles. The van der Waals surface area contributed by atoms with Crippen LogP contribution in [0.4, 0.5) is 5.69 Å². The Morgan fingerprint density at radius 3 is 2.45 bits per heavy atom. The molecular weight excluding hydrogens is 390 g/mol. The lowest BCUT2D eigenvalue weighted by molar-refractivity contribution is -0.148. The molecular formula is C26H31NO4. The van der Waals surface area contributed by atoms with Gasteiger partial charge < -0.3 is 9.47 Å². The van der Waals surface area contributed by atoms with Crippen molar-refractivity contribution in [1.29, 1.82) is 0 Å². The maximum absolute atomic E-state index is 13.7. The quantitative estimate of drug-likeness (QED) is 0.499. The number of esters is 1. The van der Waals surface area contributed by atoms with Crippen LogP contribution in [0.2, 0.25) is 0 Å². The van der Waals surface area contributed by atoms with E-state index in [0.29, 0.717) is 17.7 Å². The van der Waals surface area contributed by atoms with Gasteiger partial charge in [0.1, 0.15) is 17.9 Å². The predicted molar refractivity (Wildman–Crippen MR) is 123 cm³/mol. The molecule has 0 saturated heterocycles. The zero-order valence-electron chi connectivity index (χ0n) is 19.2. The number of carbonyl (C=O) groups is 2. The normalized spacial score (nSPS) is 17.8. The first-order chi connectivity index (χ1) is 14.5. The molecule has 5 nitrogen and oxygen atoms in total. The molecule has 5 heteroatoms. The van der Waals surface area contributed by atoms with Crippen molar-refractivity contribution in [3.63, 3.8) is 0 Å². The van der Waals surface area contributed by atoms with Crippen LogP contribution in [0.15, 0.2) is 54.6 Å². The highest BCUT2D eigenvalue weighted by Crippen LogP contribution is 2.41. The van der Waals surface area contributed by atoms with E-state index in [1.165, 1.54) is 0 Å². The summed E-state index contributed by atoms with van der Waals surface area (Å²) in [4.78, 5) is 28.4. The first kappa shape index (κ1) is 22.6. The molecule has 31 heavy (non-hydrogen) atoms. The van der Waals surface area contributed by atoms with Crippen molar-refractivity contribution in [2.75, 3.05) is 18.6 Å². The molecule has 1 amide bonds. The van der Waals surface area contributed by atoms with E-state index < -0.39 is 11.5 Å². The van der Waals surface area contributed by atoms with Gasteiger partial charge in [-0.2, -0.15) is 0 Å². The number of anilines is 1. The molecule has 1 atom stereocenters. The molecule has 1 heterocycles. The van der Waals surface area contributed by atoms with Crippen LogP contribution in [0.1, 0.15) is 56.1 Å². The number of ether oxygens (including phenoxy) is 2. The number of fused-ring (bicyclic) bond motifs is 1. The van der Waals surface area contributed by atoms with Crippen LogP contribution in [0.5, 0.6) is 5.75 Å². The zero-order valence-corrected chi connectivity index (χ0v) is 19.2. The van der Waals surface area contributed by atoms with Gasteiger partial charge in [0.15, 0.2) is 0 Å². The van der Waals surface area contributed by atoms with E-state index in [1.54, 1.807) is 38.0 Å². The summed E-state index contributed by atoms with van der Waals surface area (Å²) >= 11 is 0. The van der Waals surface area contributed by atoms with E-state index in [1.807, 2.05) is 30.3 Å². The zero-order chi connectivity index (χ0) is 23.0. The van der Waals surface area contributed by atoms with Gasteiger partial charge in [-0.1, -0.05) is 51.6 Å². The molecule has 0 saturated carbocycles. The molecule has 0 N–H and O–H groups in total. The van der Waals surface area contributed by atoms with E-state index >= 15 is 0 Å². The van der Waals surface area contributed by atoms with Crippen LogP contribution >= 0.6 is 0 Å². The number of para-hydroxylation sites is 1. The average Bonchev–Trinajstić information content (AvgIpc) is 3.03. The Bertz CT molecular complexity index is 1030. The number of carbonyl (C=O) groups excluding carboxylic acids is 2. The van der Waals surface area contributed by atoms with Crippen molar-refractivity contribution in [3.8, 4) is 5.75 Å². The van der Waals surface area contributed by atoms with Gasteiger partial charge >= 0.3 is 5.97 Å². The standard InChI is InChI=1S/C26H31NO4/c1-17(2)16-31-24(29)26(6)15-19-10-8-9-11-21(19)27(26)23(28)18-12-13-20(25(3,4)5)22(14-18)30-7/h8-14H,1,15-16H2,2-7H3. The van der Waals surface area contributed by atoms with Crippen LogP contribution in [-0.2, 0) is 21.4 Å². The second-order valence-electron chi connectivity index (χ2n) is 9.42. The Hall–Kier alpha value is -3.08. The lowest BCUT2D eigenvalue weighted by Gasteiger charge is -2.34. The molecule has 1 unspecified atom stereocenters. The van der Waals surface area contributed by atoms with Crippen molar-refractivity contribution in [1.82, 2.24) is 0 Å². The highest BCUT2D eigenvalue weighted by Gasteiger charge is 2.50. The molecule has 0 radical (unpaired) electrons. The topological polar surface area (TPSA) is 55.8 Å². The monoisotopic (exact) mass is 421 g/mol. The van der Waals surface area contributed by atoms with Crippen LogP contribution in [0.25, 0.3) is 0 Å². The van der Waals surface area contributed by atoms with Gasteiger partial charge in [-0.05, 0) is 54.2 Å². The van der Waals surface area contributed by atoms with Crippen molar-refractivity contribution in [3.05, 3.63) is 71.3 Å². The lowest BCUT2D eigenvalue weighted by atomic mass is 9.85. The van der Waals surface area contributed by atoms with Gasteiger partial charge in [0.25, 0.3) is 5.91 Å². The average molecular weight is 422 g/mol. The number of rotatable bonds is 5. The third-order valence-corrected chi connectivity index (χ3v) is 5.61. The van der Waals surface area contributed by atoms with Crippen LogP contribution in [0, 0.1) is 0 Å². The predicted octanol–water partition coefficient (Wildman–Crippen LogP) is 5.07. The van der Waals surface area contributed by atoms with E-state index in [-0.39, 0.29) is 17.9 Å². The molecule has 0 fully saturated rings. The van der Waals surface area contributed by atoms with E-state index in [0.717, 1.165) is 22.4 Å². The molecule has 0 bridgehead atoms. The summed E-state index contributed by atoms with van der Waals surface area (Å²) in [6, 6.07) is 13.1. The number of hydrogen-bond donors (Lipinski definition) is 0. The summed E-state index contributed by atoms with van der Waals surface area (Å²) in [5.41, 5.74) is 2.59. The smallest absolute Gasteiger partial charge is 0.332 e. The molecule has 0 aromatic heterocycles. The Morgan fingerprint density at radius 2 is 1.84 bits per heavy atom. The van der Waals surface area contributed by atoms with Gasteiger partial charge in [-0.15, -0.1) is 0 Å². The fourth-order valence-corrected chi connectivity index (χ4v) is 4.01. The fourth-order valence-electron chi connectivity index (χ4n) is 4.01. The Kier molecular flexibility index (Phi) is 5.99. The molecule has 0 aliphatic carbocycles. The van der Waals surface area contributed by atoms with Gasteiger partial charge in [-0.3, -0.25) is 9.69 Å². The molecule has 164 valence electrons. The van der Waals surface area contributed by atoms with Gasteiger partial charge in [0.05, 0.1) is 7.11 Å². The summed E-state index contributed by atoms with van der Waals surface area (Å²) in [6.45, 7) is 13.8. The van der Waals surface area contributed by atoms with Gasteiger partial charge in [-0.25, -0.2) is 4.79 Å². The minimum Gasteiger partial charge on any atom is -0.496 e. The van der Waals surface area contributed by atoms with E-state index in [9.17, 15) is 9.59 Å². The lowest BCUT2D eigenvalue weighted by Crippen LogP contribution is -2.54. The number of methoxy groups -OCH3 is 1. The number of benzene rings is 2. The third-order valence-electron chi connectivity index (χ3n) is 5.61. The number of hydrogen-bond acceptors (Lipinski definition) is 4. The maximum atomic E-state index is 13.7. The summed E-state index contributed by atoms with van der Waals surface area (Å²) in [6.07, 6.45) is 0.390. The van der Waals surface area contributed by atoms with Crippen molar-refractivity contribution < 1.29 is 19.1 Å². The maximum Gasteiger partial charge on any atom is 0.332 e. The fraction of sp³-hybridized carbons (Fsp3) is 0.385. The summed E-state index contributed by atoms with van der Waals surface area (Å²) in [5, 5.41) is 0. The molecule has 0 spiro atoms. The second-order valence-corrected chi connectivity index (χ2v) is 9.42. The Labute approximate surface area is 184 Å². The second kappa shape index (κ2) is 8.22. The van der Waals surface area contributed by atoms with E-state index in [4.69, 9.17) is 9.47 Å². The summed E-state index contributed by atoms with van der Waals surface area (Å²) in [7, 11) is 1.60. The van der Waals surface area contributed by atoms with Crippen LogP contribution < -0.4 is 9.64 Å². The van der Waals surface area contributed by atoms with Gasteiger partial charge in [0.2, 0.25) is 0 Å². The number of nitrogens with zero attached hydrogens (tertiary/aromatic N) is 1. The Balaban J connectivity index is 2.05. The summed E-state index contributed by atoms with van der Waals surface area (Å²) < 4.78 is 11.1. The molecule has 1 aliphatic rings. The first-order valence-corrected chi connectivity index (χ1v) is 10.4. The van der Waals surface area contributed by atoms with Crippen molar-refractivity contribution >= 4 is 17.6 Å². The minimum atomic E-state index is -1.15. The van der Waals surface area contributed by atoms with Crippen molar-refractivity contribution in [2.45, 2.75) is 52.0 Å². The van der Waals surface area contributed by atoms with E-state index in [2.05, 4.69) is 27.4 Å². The van der Waals surface area contributed by atoms with Crippen LogP contribution in [-0.4, -0.2) is 31.1 Å². The summed E-state index contributed by atoms with van der Waals surface area (Å²) in [5.74, 6) is -0.0609. The SMILES string of the molecule is C=C(C)COC(=O)C1(C)Cc2ccccc2N1C(=O)c1ccc(C(C)(C)C)c(OC)c1. The highest BCUT2D eigenvalue weighted by atomic mass is 16.5. The number of amides is 1. The molecule has 2 aromatic carbocycles. The van der Waals surface area contributed by atoms with Crippen molar-refractivity contribution in [2.24, 2.45) is 0 Å². The first-order valence-electron chi connectivity index (χ1n) is 10.4. The van der Waals surface area contributed by atoms with Crippen LogP contribution in [0.3, 0.4) is 0 Å². The Morgan fingerprint density at radius 1 is 1.16 bits per heavy atom. The third kappa shape index (κ3) is 4.22. The highest BCUT2D eigenvalue weighted by molar-refractivity contribution is 6.12. The molecule has 3 rings (SSSR count). The minimum absolute atomic E-state index is 0.126. The van der Waals surface area contributed by atoms with Gasteiger partial charge in [0, 0.05) is 17.7 Å².